The molecule has 0 unspecified atom stereocenters. The van der Waals surface area contributed by atoms with Crippen LogP contribution in [-0.4, -0.2) is 12.6 Å². The number of carbonyl (C=O) groups is 1. The number of benzene rings is 2. The maximum atomic E-state index is 12.0. The SMILES string of the molecule is CCCOc1ccc(OC(=O)C=Cc2ccc(-c3ccccc3)s2)cc1. The van der Waals surface area contributed by atoms with Crippen molar-refractivity contribution in [3.05, 3.63) is 77.7 Å². The molecule has 0 aliphatic heterocycles. The highest BCUT2D eigenvalue weighted by atomic mass is 32.1. The first-order valence-corrected chi connectivity index (χ1v) is 9.34. The predicted octanol–water partition coefficient (Wildman–Crippen LogP) is 5.82. The second kappa shape index (κ2) is 9.02. The van der Waals surface area contributed by atoms with E-state index < -0.39 is 5.97 Å². The molecule has 1 heterocycles. The fourth-order valence-electron chi connectivity index (χ4n) is 2.32. The van der Waals surface area contributed by atoms with Gasteiger partial charge in [-0.3, -0.25) is 0 Å². The Balaban J connectivity index is 1.57. The number of thiophene rings is 1. The first-order chi connectivity index (χ1) is 12.7. The largest absolute Gasteiger partial charge is 0.494 e. The standard InChI is InChI=1S/C22H20O3S/c1-2-16-24-18-8-10-19(11-9-18)25-22(23)15-13-20-12-14-21(26-20)17-6-4-3-5-7-17/h3-15H,2,16H2,1H3. The molecule has 3 nitrogen and oxygen atoms in total. The third-order valence-corrected chi connectivity index (χ3v) is 4.68. The summed E-state index contributed by atoms with van der Waals surface area (Å²) in [7, 11) is 0. The Kier molecular flexibility index (Phi) is 6.23. The van der Waals surface area contributed by atoms with Crippen LogP contribution in [0.15, 0.2) is 72.8 Å². The van der Waals surface area contributed by atoms with E-state index in [-0.39, 0.29) is 0 Å². The third-order valence-electron chi connectivity index (χ3n) is 3.58. The highest BCUT2D eigenvalue weighted by Crippen LogP contribution is 2.28. The minimum atomic E-state index is -0.401. The lowest BCUT2D eigenvalue weighted by Gasteiger charge is -2.05. The second-order valence-electron chi connectivity index (χ2n) is 5.64. The molecular formula is C22H20O3S. The van der Waals surface area contributed by atoms with Crippen molar-refractivity contribution in [2.75, 3.05) is 6.61 Å². The van der Waals surface area contributed by atoms with Crippen molar-refractivity contribution in [3.8, 4) is 21.9 Å². The van der Waals surface area contributed by atoms with Gasteiger partial charge in [-0.2, -0.15) is 0 Å². The number of hydrogen-bond acceptors (Lipinski definition) is 4. The van der Waals surface area contributed by atoms with Gasteiger partial charge in [0.2, 0.25) is 0 Å². The predicted molar refractivity (Wildman–Crippen MR) is 107 cm³/mol. The Morgan fingerprint density at radius 2 is 1.69 bits per heavy atom. The molecule has 0 amide bonds. The molecule has 0 spiro atoms. The fraction of sp³-hybridized carbons (Fsp3) is 0.136. The summed E-state index contributed by atoms with van der Waals surface area (Å²) in [6.07, 6.45) is 4.18. The van der Waals surface area contributed by atoms with Gasteiger partial charge in [0, 0.05) is 15.8 Å². The summed E-state index contributed by atoms with van der Waals surface area (Å²) in [6.45, 7) is 2.73. The number of rotatable bonds is 7. The van der Waals surface area contributed by atoms with Crippen molar-refractivity contribution < 1.29 is 14.3 Å². The van der Waals surface area contributed by atoms with Gasteiger partial charge in [-0.05, 0) is 54.5 Å². The van der Waals surface area contributed by atoms with Crippen molar-refractivity contribution in [1.82, 2.24) is 0 Å². The van der Waals surface area contributed by atoms with E-state index in [0.717, 1.165) is 17.0 Å². The number of hydrogen-bond donors (Lipinski definition) is 0. The molecule has 132 valence electrons. The first-order valence-electron chi connectivity index (χ1n) is 8.52. The zero-order valence-corrected chi connectivity index (χ0v) is 15.4. The minimum Gasteiger partial charge on any atom is -0.494 e. The van der Waals surface area contributed by atoms with E-state index in [2.05, 4.69) is 25.1 Å². The van der Waals surface area contributed by atoms with Gasteiger partial charge in [0.15, 0.2) is 0 Å². The van der Waals surface area contributed by atoms with Crippen molar-refractivity contribution in [2.45, 2.75) is 13.3 Å². The van der Waals surface area contributed by atoms with Crippen molar-refractivity contribution in [3.63, 3.8) is 0 Å². The van der Waals surface area contributed by atoms with Gasteiger partial charge in [-0.1, -0.05) is 37.3 Å². The van der Waals surface area contributed by atoms with Gasteiger partial charge in [-0.25, -0.2) is 4.79 Å². The molecule has 3 rings (SSSR count). The van der Waals surface area contributed by atoms with Crippen molar-refractivity contribution >= 4 is 23.4 Å². The van der Waals surface area contributed by atoms with Gasteiger partial charge in [0.25, 0.3) is 0 Å². The molecule has 3 aromatic rings. The number of ether oxygens (including phenoxy) is 2. The molecule has 0 atom stereocenters. The average Bonchev–Trinajstić information content (AvgIpc) is 3.16. The summed E-state index contributed by atoms with van der Waals surface area (Å²) < 4.78 is 10.8. The lowest BCUT2D eigenvalue weighted by molar-refractivity contribution is -0.128. The summed E-state index contributed by atoms with van der Waals surface area (Å²) >= 11 is 1.63. The van der Waals surface area contributed by atoms with Crippen LogP contribution in [-0.2, 0) is 4.79 Å². The van der Waals surface area contributed by atoms with Gasteiger partial charge >= 0.3 is 5.97 Å². The van der Waals surface area contributed by atoms with Crippen LogP contribution in [0.4, 0.5) is 0 Å². The molecule has 26 heavy (non-hydrogen) atoms. The molecule has 0 aliphatic carbocycles. The van der Waals surface area contributed by atoms with E-state index >= 15 is 0 Å². The molecule has 2 aromatic carbocycles. The lowest BCUT2D eigenvalue weighted by atomic mass is 10.2. The van der Waals surface area contributed by atoms with E-state index in [4.69, 9.17) is 9.47 Å². The molecule has 0 N–H and O–H groups in total. The Bertz CT molecular complexity index is 864. The first kappa shape index (κ1) is 18.0. The summed E-state index contributed by atoms with van der Waals surface area (Å²) in [5.41, 5.74) is 1.17. The molecule has 0 bridgehead atoms. The van der Waals surface area contributed by atoms with Crippen LogP contribution in [0.2, 0.25) is 0 Å². The van der Waals surface area contributed by atoms with Gasteiger partial charge in [-0.15, -0.1) is 11.3 Å². The Morgan fingerprint density at radius 3 is 2.42 bits per heavy atom. The number of carbonyl (C=O) groups excluding carboxylic acids is 1. The quantitative estimate of drug-likeness (QED) is 0.301. The maximum absolute atomic E-state index is 12.0. The van der Waals surface area contributed by atoms with Gasteiger partial charge in [0.1, 0.15) is 11.5 Å². The van der Waals surface area contributed by atoms with Crippen LogP contribution >= 0.6 is 11.3 Å². The minimum absolute atomic E-state index is 0.401. The van der Waals surface area contributed by atoms with E-state index in [9.17, 15) is 4.79 Å². The molecule has 0 fully saturated rings. The van der Waals surface area contributed by atoms with Gasteiger partial charge < -0.3 is 9.47 Å². The molecule has 0 radical (unpaired) electrons. The average molecular weight is 364 g/mol. The smallest absolute Gasteiger partial charge is 0.336 e. The monoisotopic (exact) mass is 364 g/mol. The van der Waals surface area contributed by atoms with Gasteiger partial charge in [0.05, 0.1) is 6.61 Å². The van der Waals surface area contributed by atoms with Crippen LogP contribution in [0.1, 0.15) is 18.2 Å². The van der Waals surface area contributed by atoms with E-state index in [0.29, 0.717) is 12.4 Å². The van der Waals surface area contributed by atoms with E-state index in [1.807, 2.05) is 24.3 Å². The number of esters is 1. The Hall–Kier alpha value is -2.85. The molecule has 4 heteroatoms. The summed E-state index contributed by atoms with van der Waals surface area (Å²) in [5.74, 6) is 0.871. The summed E-state index contributed by atoms with van der Waals surface area (Å²) in [6, 6.07) is 21.3. The maximum Gasteiger partial charge on any atom is 0.336 e. The normalized spacial score (nSPS) is 10.8. The van der Waals surface area contributed by atoms with Crippen LogP contribution in [0, 0.1) is 0 Å². The zero-order chi connectivity index (χ0) is 18.2. The second-order valence-corrected chi connectivity index (χ2v) is 6.76. The van der Waals surface area contributed by atoms with Crippen molar-refractivity contribution in [1.29, 1.82) is 0 Å². The van der Waals surface area contributed by atoms with Crippen LogP contribution < -0.4 is 9.47 Å². The lowest BCUT2D eigenvalue weighted by Crippen LogP contribution is -2.03. The Morgan fingerprint density at radius 1 is 0.962 bits per heavy atom. The fourth-order valence-corrected chi connectivity index (χ4v) is 3.24. The Labute approximate surface area is 157 Å². The zero-order valence-electron chi connectivity index (χ0n) is 14.6. The highest BCUT2D eigenvalue weighted by Gasteiger charge is 2.03. The molecule has 0 saturated heterocycles. The van der Waals surface area contributed by atoms with E-state index in [1.54, 1.807) is 41.7 Å². The molecule has 0 saturated carbocycles. The van der Waals surface area contributed by atoms with Crippen LogP contribution in [0.25, 0.3) is 16.5 Å². The molecule has 1 aromatic heterocycles. The van der Waals surface area contributed by atoms with Crippen molar-refractivity contribution in [2.24, 2.45) is 0 Å². The van der Waals surface area contributed by atoms with Crippen LogP contribution in [0.3, 0.4) is 0 Å². The van der Waals surface area contributed by atoms with E-state index in [1.165, 1.54) is 16.5 Å². The summed E-state index contributed by atoms with van der Waals surface area (Å²) in [4.78, 5) is 14.2. The van der Waals surface area contributed by atoms with Crippen LogP contribution in [0.5, 0.6) is 11.5 Å². The summed E-state index contributed by atoms with van der Waals surface area (Å²) in [5, 5.41) is 0. The molecule has 0 aliphatic rings. The topological polar surface area (TPSA) is 35.5 Å². The highest BCUT2D eigenvalue weighted by molar-refractivity contribution is 7.16. The third kappa shape index (κ3) is 5.07. The molecular weight excluding hydrogens is 344 g/mol.